The second-order valence-electron chi connectivity index (χ2n) is 8.76. The molecule has 0 atom stereocenters. The van der Waals surface area contributed by atoms with E-state index in [9.17, 15) is 4.79 Å². The zero-order valence-electron chi connectivity index (χ0n) is 21.4. The van der Waals surface area contributed by atoms with Crippen molar-refractivity contribution in [3.8, 4) is 29.4 Å². The van der Waals surface area contributed by atoms with Crippen LogP contribution in [-0.2, 0) is 4.74 Å². The summed E-state index contributed by atoms with van der Waals surface area (Å²) in [5, 5.41) is 18.4. The summed E-state index contributed by atoms with van der Waals surface area (Å²) < 4.78 is 11.0. The van der Waals surface area contributed by atoms with Crippen LogP contribution in [0.1, 0.15) is 32.0 Å². The van der Waals surface area contributed by atoms with Gasteiger partial charge in [-0.25, -0.2) is 14.8 Å². The molecule has 38 heavy (non-hydrogen) atoms. The lowest BCUT2D eigenvalue weighted by molar-refractivity contribution is 0.0534. The van der Waals surface area contributed by atoms with Gasteiger partial charge in [-0.2, -0.15) is 5.26 Å². The predicted octanol–water partition coefficient (Wildman–Crippen LogP) is 6.01. The molecular weight excluding hydrogens is 504 g/mol. The molecule has 1 heterocycles. The smallest absolute Gasteiger partial charge is 0.407 e. The van der Waals surface area contributed by atoms with Gasteiger partial charge in [0.15, 0.2) is 5.82 Å². The van der Waals surface area contributed by atoms with E-state index in [4.69, 9.17) is 26.3 Å². The molecule has 0 saturated heterocycles. The van der Waals surface area contributed by atoms with Crippen LogP contribution in [0.15, 0.2) is 60.9 Å². The van der Waals surface area contributed by atoms with Crippen LogP contribution in [0, 0.1) is 23.2 Å². The summed E-state index contributed by atoms with van der Waals surface area (Å²) in [6.07, 6.45) is 4.24. The van der Waals surface area contributed by atoms with Crippen LogP contribution in [0.5, 0.6) is 11.5 Å². The number of allylic oxidation sites excluding steroid dienone is 1. The Hall–Kier alpha value is -4.73. The molecule has 0 spiro atoms. The first-order valence-corrected chi connectivity index (χ1v) is 12.0. The van der Waals surface area contributed by atoms with E-state index >= 15 is 0 Å². The van der Waals surface area contributed by atoms with E-state index in [1.54, 1.807) is 82.4 Å². The average molecular weight is 531 g/mol. The maximum atomic E-state index is 11.7. The number of alkyl carbamates (subject to hydrolysis) is 1. The van der Waals surface area contributed by atoms with E-state index in [0.29, 0.717) is 45.0 Å². The Morgan fingerprint density at radius 3 is 2.71 bits per heavy atom. The van der Waals surface area contributed by atoms with Crippen LogP contribution in [0.4, 0.5) is 22.0 Å². The van der Waals surface area contributed by atoms with Crippen molar-refractivity contribution in [2.24, 2.45) is 0 Å². The van der Waals surface area contributed by atoms with Gasteiger partial charge in [-0.05, 0) is 69.2 Å². The zero-order valence-corrected chi connectivity index (χ0v) is 22.2. The summed E-state index contributed by atoms with van der Waals surface area (Å²) >= 11 is 6.44. The van der Waals surface area contributed by atoms with Gasteiger partial charge in [-0.15, -0.1) is 0 Å². The minimum Gasteiger partial charge on any atom is -0.456 e. The third-order valence-electron chi connectivity index (χ3n) is 4.64. The number of amides is 1. The average Bonchev–Trinajstić information content (AvgIpc) is 2.87. The van der Waals surface area contributed by atoms with Crippen LogP contribution >= 0.6 is 11.6 Å². The highest BCUT2D eigenvalue weighted by molar-refractivity contribution is 6.32. The van der Waals surface area contributed by atoms with E-state index in [0.717, 1.165) is 0 Å². The lowest BCUT2D eigenvalue weighted by Gasteiger charge is -2.19. The molecule has 194 valence electrons. The summed E-state index contributed by atoms with van der Waals surface area (Å²) in [7, 11) is 1.74. The lowest BCUT2D eigenvalue weighted by atomic mass is 10.2. The summed E-state index contributed by atoms with van der Waals surface area (Å²) in [6.45, 7) is 5.68. The maximum Gasteiger partial charge on any atom is 0.407 e. The minimum atomic E-state index is -0.553. The molecule has 10 heteroatoms. The standard InChI is InChI=1S/C28H27ClN6O3/c1-28(2,3)38-27(36)32-14-7-5-6-11-23-25(31-4)26(34-18-33-23)35-20-12-13-24(22(29)16-20)37-21-10-8-9-19(15-21)17-30/h5,7-10,12-13,15-16,18,31H,14H2,1-4H3,(H,32,36)(H,33,34,35)/b7-5+. The Kier molecular flexibility index (Phi) is 9.53. The molecule has 1 amide bonds. The molecule has 0 unspecified atom stereocenters. The van der Waals surface area contributed by atoms with Crippen molar-refractivity contribution in [2.75, 3.05) is 24.2 Å². The Morgan fingerprint density at radius 2 is 2.00 bits per heavy atom. The Bertz CT molecular complexity index is 1430. The number of nitrogens with zero attached hydrogens (tertiary/aromatic N) is 3. The van der Waals surface area contributed by atoms with Gasteiger partial charge in [0.05, 0.1) is 16.7 Å². The normalized spacial score (nSPS) is 10.6. The maximum absolute atomic E-state index is 11.7. The molecule has 0 aliphatic heterocycles. The number of nitriles is 1. The Balaban J connectivity index is 1.67. The number of ether oxygens (including phenoxy) is 2. The van der Waals surface area contributed by atoms with Crippen molar-refractivity contribution in [1.82, 2.24) is 15.3 Å². The molecule has 0 aliphatic carbocycles. The number of anilines is 3. The molecule has 0 fully saturated rings. The van der Waals surface area contributed by atoms with Crippen molar-refractivity contribution in [3.05, 3.63) is 77.2 Å². The third-order valence-corrected chi connectivity index (χ3v) is 4.93. The summed E-state index contributed by atoms with van der Waals surface area (Å²) in [5.74, 6) is 7.34. The van der Waals surface area contributed by atoms with Crippen molar-refractivity contribution in [2.45, 2.75) is 26.4 Å². The number of hydrogen-bond donors (Lipinski definition) is 3. The van der Waals surface area contributed by atoms with Gasteiger partial charge in [0, 0.05) is 19.3 Å². The van der Waals surface area contributed by atoms with Gasteiger partial charge >= 0.3 is 6.09 Å². The van der Waals surface area contributed by atoms with Gasteiger partial charge in [0.2, 0.25) is 0 Å². The fourth-order valence-corrected chi connectivity index (χ4v) is 3.27. The number of rotatable bonds is 7. The van der Waals surface area contributed by atoms with Crippen LogP contribution in [0.25, 0.3) is 0 Å². The van der Waals surface area contributed by atoms with Gasteiger partial charge in [-0.3, -0.25) is 0 Å². The topological polar surface area (TPSA) is 121 Å². The minimum absolute atomic E-state index is 0.281. The Labute approximate surface area is 226 Å². The van der Waals surface area contributed by atoms with Gasteiger partial charge in [0.25, 0.3) is 0 Å². The second kappa shape index (κ2) is 13.0. The van der Waals surface area contributed by atoms with E-state index in [1.165, 1.54) is 6.33 Å². The molecule has 1 aromatic heterocycles. The van der Waals surface area contributed by atoms with Crippen LogP contribution in [-0.4, -0.2) is 35.3 Å². The molecule has 9 nitrogen and oxygen atoms in total. The van der Waals surface area contributed by atoms with Crippen molar-refractivity contribution >= 4 is 34.9 Å². The lowest BCUT2D eigenvalue weighted by Crippen LogP contribution is -2.32. The molecule has 0 saturated carbocycles. The Morgan fingerprint density at radius 1 is 1.18 bits per heavy atom. The highest BCUT2D eigenvalue weighted by Gasteiger charge is 2.15. The molecule has 3 aromatic rings. The fourth-order valence-electron chi connectivity index (χ4n) is 3.05. The number of halogens is 1. The van der Waals surface area contributed by atoms with Crippen molar-refractivity contribution < 1.29 is 14.3 Å². The first kappa shape index (κ1) is 27.9. The number of nitrogens with one attached hydrogen (secondary N) is 3. The summed E-state index contributed by atoms with van der Waals surface area (Å²) in [6, 6.07) is 14.1. The summed E-state index contributed by atoms with van der Waals surface area (Å²) in [5.41, 5.74) is 1.70. The van der Waals surface area contributed by atoms with Gasteiger partial charge in [0.1, 0.15) is 34.8 Å². The van der Waals surface area contributed by atoms with Crippen LogP contribution < -0.4 is 20.7 Å². The summed E-state index contributed by atoms with van der Waals surface area (Å²) in [4.78, 5) is 20.2. The van der Waals surface area contributed by atoms with Crippen molar-refractivity contribution in [1.29, 1.82) is 5.26 Å². The fraction of sp³-hybridized carbons (Fsp3) is 0.214. The van der Waals surface area contributed by atoms with E-state index < -0.39 is 11.7 Å². The van der Waals surface area contributed by atoms with E-state index in [2.05, 4.69) is 43.8 Å². The van der Waals surface area contributed by atoms with Gasteiger partial charge in [-0.1, -0.05) is 29.7 Å². The molecular formula is C28H27ClN6O3. The largest absolute Gasteiger partial charge is 0.456 e. The van der Waals surface area contributed by atoms with E-state index in [-0.39, 0.29) is 6.54 Å². The number of hydrogen-bond acceptors (Lipinski definition) is 8. The number of carbonyl (C=O) groups excluding carboxylic acids is 1. The molecule has 0 aliphatic rings. The second-order valence-corrected chi connectivity index (χ2v) is 9.17. The van der Waals surface area contributed by atoms with Crippen LogP contribution in [0.2, 0.25) is 5.02 Å². The highest BCUT2D eigenvalue weighted by atomic mass is 35.5. The van der Waals surface area contributed by atoms with Crippen molar-refractivity contribution in [3.63, 3.8) is 0 Å². The molecule has 0 bridgehead atoms. The first-order chi connectivity index (χ1) is 18.2. The quantitative estimate of drug-likeness (QED) is 0.317. The molecule has 3 rings (SSSR count). The highest BCUT2D eigenvalue weighted by Crippen LogP contribution is 2.33. The number of benzene rings is 2. The third kappa shape index (κ3) is 8.44. The van der Waals surface area contributed by atoms with E-state index in [1.807, 2.05) is 0 Å². The first-order valence-electron chi connectivity index (χ1n) is 11.6. The monoisotopic (exact) mass is 530 g/mol. The molecule has 2 aromatic carbocycles. The van der Waals surface area contributed by atoms with Gasteiger partial charge < -0.3 is 25.4 Å². The zero-order chi connectivity index (χ0) is 27.5. The SMILES string of the molecule is CNc1c(C#C/C=C/CNC(=O)OC(C)(C)C)ncnc1Nc1ccc(Oc2cccc(C#N)c2)c(Cl)c1. The number of carbonyl (C=O) groups is 1. The molecule has 3 N–H and O–H groups in total. The number of aromatic nitrogens is 2. The molecule has 0 radical (unpaired) electrons. The van der Waals surface area contributed by atoms with Crippen LogP contribution in [0.3, 0.4) is 0 Å². The predicted molar refractivity (Wildman–Crippen MR) is 148 cm³/mol.